The summed E-state index contributed by atoms with van der Waals surface area (Å²) in [5.74, 6) is 0. The summed E-state index contributed by atoms with van der Waals surface area (Å²) in [6, 6.07) is 0. The van der Waals surface area contributed by atoms with Crippen LogP contribution in [0, 0.1) is 0 Å². The first kappa shape index (κ1) is 9.89. The minimum atomic E-state index is 0.820. The molecule has 4 nitrogen and oxygen atoms in total. The normalized spacial score (nSPS) is 17.4. The van der Waals surface area contributed by atoms with Crippen LogP contribution < -0.4 is 10.2 Å². The van der Waals surface area contributed by atoms with Crippen molar-refractivity contribution < 1.29 is 4.74 Å². The Morgan fingerprint density at radius 3 is 3.07 bits per heavy atom. The predicted molar refractivity (Wildman–Crippen MR) is 57.9 cm³/mol. The third-order valence-corrected chi connectivity index (χ3v) is 3.13. The van der Waals surface area contributed by atoms with Gasteiger partial charge < -0.3 is 15.0 Å². The zero-order chi connectivity index (χ0) is 9.80. The number of thiazole rings is 1. The van der Waals surface area contributed by atoms with Gasteiger partial charge in [0.1, 0.15) is 0 Å². The van der Waals surface area contributed by atoms with Gasteiger partial charge in [0.25, 0.3) is 0 Å². The molecule has 0 spiro atoms. The smallest absolute Gasteiger partial charge is 0.185 e. The monoisotopic (exact) mass is 213 g/mol. The molecule has 78 valence electrons. The fraction of sp³-hybridized carbons (Fsp3) is 0.667. The molecule has 0 amide bonds. The molecule has 14 heavy (non-hydrogen) atoms. The van der Waals surface area contributed by atoms with Gasteiger partial charge in [-0.15, -0.1) is 11.3 Å². The van der Waals surface area contributed by atoms with E-state index < -0.39 is 0 Å². The lowest BCUT2D eigenvalue weighted by molar-refractivity contribution is 0.122. The zero-order valence-corrected chi connectivity index (χ0v) is 9.14. The van der Waals surface area contributed by atoms with Crippen LogP contribution in [0.3, 0.4) is 0 Å². The van der Waals surface area contributed by atoms with Gasteiger partial charge in [-0.05, 0) is 7.05 Å². The van der Waals surface area contributed by atoms with Crippen LogP contribution >= 0.6 is 11.3 Å². The lowest BCUT2D eigenvalue weighted by Gasteiger charge is -2.26. The van der Waals surface area contributed by atoms with E-state index in [0.29, 0.717) is 0 Å². The Bertz CT molecular complexity index is 283. The summed E-state index contributed by atoms with van der Waals surface area (Å²) in [6.45, 7) is 4.42. The summed E-state index contributed by atoms with van der Waals surface area (Å²) in [4.78, 5) is 6.84. The number of nitrogens with zero attached hydrogens (tertiary/aromatic N) is 2. The van der Waals surface area contributed by atoms with E-state index in [2.05, 4.69) is 20.6 Å². The van der Waals surface area contributed by atoms with Crippen molar-refractivity contribution in [2.24, 2.45) is 0 Å². The van der Waals surface area contributed by atoms with Gasteiger partial charge in [-0.3, -0.25) is 0 Å². The quantitative estimate of drug-likeness (QED) is 0.802. The van der Waals surface area contributed by atoms with Gasteiger partial charge in [0.05, 0.1) is 18.9 Å². The fourth-order valence-corrected chi connectivity index (χ4v) is 2.34. The molecule has 0 atom stereocenters. The SMILES string of the molecule is CNCc1csc(N2CCOCC2)n1. The summed E-state index contributed by atoms with van der Waals surface area (Å²) < 4.78 is 5.30. The highest BCUT2D eigenvalue weighted by molar-refractivity contribution is 7.13. The van der Waals surface area contributed by atoms with E-state index in [-0.39, 0.29) is 0 Å². The van der Waals surface area contributed by atoms with Crippen molar-refractivity contribution in [2.45, 2.75) is 6.54 Å². The number of nitrogens with one attached hydrogen (secondary N) is 1. The molecule has 1 aliphatic heterocycles. The van der Waals surface area contributed by atoms with Crippen molar-refractivity contribution in [3.05, 3.63) is 11.1 Å². The lowest BCUT2D eigenvalue weighted by atomic mass is 10.4. The van der Waals surface area contributed by atoms with E-state index in [1.165, 1.54) is 0 Å². The van der Waals surface area contributed by atoms with Gasteiger partial charge in [0, 0.05) is 25.0 Å². The molecule has 1 fully saturated rings. The standard InChI is InChI=1S/C9H15N3OS/c1-10-6-8-7-14-9(11-8)12-2-4-13-5-3-12/h7,10H,2-6H2,1H3. The van der Waals surface area contributed by atoms with Gasteiger partial charge in [-0.25, -0.2) is 4.98 Å². The Balaban J connectivity index is 2.00. The molecular weight excluding hydrogens is 198 g/mol. The van der Waals surface area contributed by atoms with E-state index >= 15 is 0 Å². The van der Waals surface area contributed by atoms with Gasteiger partial charge in [-0.1, -0.05) is 0 Å². The molecule has 1 aromatic heterocycles. The molecule has 0 aromatic carbocycles. The Hall–Kier alpha value is -0.650. The molecule has 0 aliphatic carbocycles. The van der Waals surface area contributed by atoms with Gasteiger partial charge in [0.15, 0.2) is 5.13 Å². The third kappa shape index (κ3) is 2.23. The molecule has 1 aliphatic rings. The Morgan fingerprint density at radius 2 is 2.36 bits per heavy atom. The average Bonchev–Trinajstić information content (AvgIpc) is 2.68. The molecule has 0 unspecified atom stereocenters. The van der Waals surface area contributed by atoms with Crippen LogP contribution in [0.2, 0.25) is 0 Å². The number of aromatic nitrogens is 1. The summed E-state index contributed by atoms with van der Waals surface area (Å²) in [5, 5.41) is 6.34. The molecule has 1 aromatic rings. The van der Waals surface area contributed by atoms with Crippen molar-refractivity contribution in [2.75, 3.05) is 38.3 Å². The van der Waals surface area contributed by atoms with Crippen LogP contribution in [-0.4, -0.2) is 38.3 Å². The van der Waals surface area contributed by atoms with Crippen LogP contribution in [0.4, 0.5) is 5.13 Å². The van der Waals surface area contributed by atoms with Crippen LogP contribution in [0.5, 0.6) is 0 Å². The largest absolute Gasteiger partial charge is 0.378 e. The molecule has 5 heteroatoms. The number of ether oxygens (including phenoxy) is 1. The van der Waals surface area contributed by atoms with Gasteiger partial charge >= 0.3 is 0 Å². The van der Waals surface area contributed by atoms with E-state index in [9.17, 15) is 0 Å². The van der Waals surface area contributed by atoms with E-state index in [1.807, 2.05) is 7.05 Å². The molecule has 0 bridgehead atoms. The summed E-state index contributed by atoms with van der Waals surface area (Å²) in [5.41, 5.74) is 1.12. The topological polar surface area (TPSA) is 37.4 Å². The predicted octanol–water partition coefficient (Wildman–Crippen LogP) is 0.699. The van der Waals surface area contributed by atoms with Crippen LogP contribution in [-0.2, 0) is 11.3 Å². The van der Waals surface area contributed by atoms with Crippen molar-refractivity contribution in [1.29, 1.82) is 0 Å². The highest BCUT2D eigenvalue weighted by Gasteiger charge is 2.13. The third-order valence-electron chi connectivity index (χ3n) is 2.18. The molecule has 1 N–H and O–H groups in total. The van der Waals surface area contributed by atoms with E-state index in [0.717, 1.165) is 43.7 Å². The molecule has 0 radical (unpaired) electrons. The first-order valence-electron chi connectivity index (χ1n) is 4.82. The van der Waals surface area contributed by atoms with Crippen molar-refractivity contribution in [3.8, 4) is 0 Å². The number of hydrogen-bond acceptors (Lipinski definition) is 5. The lowest BCUT2D eigenvalue weighted by Crippen LogP contribution is -2.36. The number of anilines is 1. The maximum atomic E-state index is 5.30. The maximum Gasteiger partial charge on any atom is 0.185 e. The minimum Gasteiger partial charge on any atom is -0.378 e. The first-order valence-corrected chi connectivity index (χ1v) is 5.70. The van der Waals surface area contributed by atoms with Crippen LogP contribution in [0.25, 0.3) is 0 Å². The van der Waals surface area contributed by atoms with Gasteiger partial charge in [0.2, 0.25) is 0 Å². The highest BCUT2D eigenvalue weighted by atomic mass is 32.1. The van der Waals surface area contributed by atoms with Crippen molar-refractivity contribution in [1.82, 2.24) is 10.3 Å². The highest BCUT2D eigenvalue weighted by Crippen LogP contribution is 2.21. The average molecular weight is 213 g/mol. The second kappa shape index (κ2) is 4.72. The Morgan fingerprint density at radius 1 is 1.57 bits per heavy atom. The zero-order valence-electron chi connectivity index (χ0n) is 8.32. The summed E-state index contributed by atoms with van der Waals surface area (Å²) in [7, 11) is 1.94. The van der Waals surface area contributed by atoms with Gasteiger partial charge in [-0.2, -0.15) is 0 Å². The molecule has 2 heterocycles. The summed E-state index contributed by atoms with van der Waals surface area (Å²) >= 11 is 1.72. The molecule has 0 saturated carbocycles. The molecular formula is C9H15N3OS. The van der Waals surface area contributed by atoms with Crippen LogP contribution in [0.1, 0.15) is 5.69 Å². The van der Waals surface area contributed by atoms with Crippen LogP contribution in [0.15, 0.2) is 5.38 Å². The van der Waals surface area contributed by atoms with Crippen molar-refractivity contribution >= 4 is 16.5 Å². The van der Waals surface area contributed by atoms with E-state index in [1.54, 1.807) is 11.3 Å². The maximum absolute atomic E-state index is 5.30. The Labute approximate surface area is 87.9 Å². The minimum absolute atomic E-state index is 0.820. The van der Waals surface area contributed by atoms with E-state index in [4.69, 9.17) is 4.74 Å². The second-order valence-corrected chi connectivity index (χ2v) is 4.09. The fourth-order valence-electron chi connectivity index (χ4n) is 1.46. The Kier molecular flexibility index (Phi) is 3.34. The molecule has 1 saturated heterocycles. The first-order chi connectivity index (χ1) is 6.90. The molecule has 2 rings (SSSR count). The number of rotatable bonds is 3. The summed E-state index contributed by atoms with van der Waals surface area (Å²) in [6.07, 6.45) is 0. The van der Waals surface area contributed by atoms with Crippen molar-refractivity contribution in [3.63, 3.8) is 0 Å². The number of hydrogen-bond donors (Lipinski definition) is 1. The second-order valence-electron chi connectivity index (χ2n) is 3.25. The number of morpholine rings is 1.